The van der Waals surface area contributed by atoms with E-state index in [2.05, 4.69) is 0 Å². The fraction of sp³-hybridized carbons (Fsp3) is 0.667. The number of rotatable bonds is 2. The number of hydrogen-bond acceptors (Lipinski definition) is 3. The van der Waals surface area contributed by atoms with Crippen LogP contribution < -0.4 is 0 Å². The topological polar surface area (TPSA) is 17.1 Å². The number of carbonyl (C=O) groups excluding carboxylic acids is 1. The average molecular weight is 157 g/mol. The van der Waals surface area contributed by atoms with E-state index in [1.54, 1.807) is 0 Å². The van der Waals surface area contributed by atoms with E-state index >= 15 is 0 Å². The first-order valence-corrected chi connectivity index (χ1v) is 4.77. The molecule has 4 heteroatoms. The normalized spacial score (nSPS) is 8.86. The fourth-order valence-electron chi connectivity index (χ4n) is 0.0941. The second-order valence-corrected chi connectivity index (χ2v) is 3.63. The summed E-state index contributed by atoms with van der Waals surface area (Å²) in [5.74, 6) is 0. The molecule has 0 bridgehead atoms. The van der Waals surface area contributed by atoms with E-state index in [0.29, 0.717) is 6.42 Å². The van der Waals surface area contributed by atoms with Gasteiger partial charge in [0.1, 0.15) is 0 Å². The highest BCUT2D eigenvalue weighted by Crippen LogP contribution is 2.26. The van der Waals surface area contributed by atoms with Gasteiger partial charge in [0.05, 0.1) is 0 Å². The Morgan fingerprint density at radius 2 is 2.43 bits per heavy atom. The summed E-state index contributed by atoms with van der Waals surface area (Å²) >= 11 is 0. The predicted molar refractivity (Wildman–Crippen MR) is 36.3 cm³/mol. The third-order valence-corrected chi connectivity index (χ3v) is 2.26. The summed E-state index contributed by atoms with van der Waals surface area (Å²) in [5.41, 5.74) is 0. The highest BCUT2D eigenvalue weighted by atomic mass is 35.7. The second kappa shape index (κ2) is 4.81. The Hall–Kier alpha value is 0.660. The van der Waals surface area contributed by atoms with Gasteiger partial charge in [0.2, 0.25) is 0 Å². The van der Waals surface area contributed by atoms with Gasteiger partial charge >= 0.3 is 0 Å². The van der Waals surface area contributed by atoms with Gasteiger partial charge in [-0.2, -0.15) is 0 Å². The second-order valence-electron chi connectivity index (χ2n) is 0.872. The minimum Gasteiger partial charge on any atom is -0.286 e. The van der Waals surface area contributed by atoms with Crippen molar-refractivity contribution in [2.45, 2.75) is 13.3 Å². The highest BCUT2D eigenvalue weighted by molar-refractivity contribution is 8.89. The Labute approximate surface area is 55.1 Å². The molecule has 0 rings (SSSR count). The van der Waals surface area contributed by atoms with Crippen molar-refractivity contribution in [1.82, 2.24) is 0 Å². The van der Waals surface area contributed by atoms with E-state index in [-0.39, 0.29) is 5.12 Å². The van der Waals surface area contributed by atoms with Gasteiger partial charge in [0.25, 0.3) is 0 Å². The molecule has 0 aromatic carbocycles. The highest BCUT2D eigenvalue weighted by Gasteiger charge is 1.94. The van der Waals surface area contributed by atoms with Gasteiger partial charge in [-0.15, -0.1) is 0 Å². The van der Waals surface area contributed by atoms with E-state index in [1.807, 2.05) is 6.92 Å². The molecule has 0 radical (unpaired) electrons. The maximum Gasteiger partial charge on any atom is 0.200 e. The third kappa shape index (κ3) is 4.51. The molecule has 0 fully saturated rings. The first-order chi connectivity index (χ1) is 3.31. The summed E-state index contributed by atoms with van der Waals surface area (Å²) in [6, 6.07) is 0. The molecule has 0 unspecified atom stereocenters. The molecule has 0 saturated heterocycles. The average Bonchev–Trinajstić information content (AvgIpc) is 1.68. The Bertz CT molecular complexity index is 66.0. The summed E-state index contributed by atoms with van der Waals surface area (Å²) < 4.78 is 0. The van der Waals surface area contributed by atoms with Crippen molar-refractivity contribution in [3.63, 3.8) is 0 Å². The summed E-state index contributed by atoms with van der Waals surface area (Å²) in [5, 5.41) is 0.125. The Morgan fingerprint density at radius 3 is 2.57 bits per heavy atom. The van der Waals surface area contributed by atoms with Crippen LogP contribution in [0.25, 0.3) is 0 Å². The van der Waals surface area contributed by atoms with Crippen molar-refractivity contribution in [2.75, 3.05) is 0 Å². The third-order valence-electron chi connectivity index (χ3n) is 0.413. The Balaban J connectivity index is 3.00. The van der Waals surface area contributed by atoms with Crippen LogP contribution >= 0.6 is 31.5 Å². The van der Waals surface area contributed by atoms with Gasteiger partial charge < -0.3 is 0 Å². The van der Waals surface area contributed by atoms with Crippen molar-refractivity contribution in [1.29, 1.82) is 0 Å². The van der Waals surface area contributed by atoms with Crippen LogP contribution in [0.15, 0.2) is 0 Å². The van der Waals surface area contributed by atoms with Gasteiger partial charge in [0.15, 0.2) is 5.12 Å². The molecule has 0 aliphatic rings. The Morgan fingerprint density at radius 1 is 1.86 bits per heavy atom. The quantitative estimate of drug-likeness (QED) is 0.572. The lowest BCUT2D eigenvalue weighted by Gasteiger charge is -1.84. The van der Waals surface area contributed by atoms with Crippen LogP contribution in [-0.2, 0) is 4.79 Å². The smallest absolute Gasteiger partial charge is 0.200 e. The van der Waals surface area contributed by atoms with E-state index in [4.69, 9.17) is 10.7 Å². The van der Waals surface area contributed by atoms with Crippen LogP contribution in [0, 0.1) is 0 Å². The van der Waals surface area contributed by atoms with Gasteiger partial charge in [0, 0.05) is 16.4 Å². The van der Waals surface area contributed by atoms with Crippen LogP contribution in [0.1, 0.15) is 13.3 Å². The lowest BCUT2D eigenvalue weighted by atomic mass is 10.6. The lowest BCUT2D eigenvalue weighted by molar-refractivity contribution is -0.110. The van der Waals surface area contributed by atoms with E-state index in [1.165, 1.54) is 0 Å². The predicted octanol–water partition coefficient (Wildman–Crippen LogP) is 2.46. The zero-order valence-electron chi connectivity index (χ0n) is 3.81. The summed E-state index contributed by atoms with van der Waals surface area (Å²) in [6.45, 7) is 1.81. The van der Waals surface area contributed by atoms with Crippen molar-refractivity contribution in [2.24, 2.45) is 0 Å². The minimum absolute atomic E-state index is 0.125. The number of hydrogen-bond donors (Lipinski definition) is 0. The molecular formula is C3H5ClOS2. The molecule has 0 aliphatic carbocycles. The molecule has 7 heavy (non-hydrogen) atoms. The zero-order valence-corrected chi connectivity index (χ0v) is 6.20. The summed E-state index contributed by atoms with van der Waals surface area (Å²) in [4.78, 5) is 10.3. The van der Waals surface area contributed by atoms with Crippen molar-refractivity contribution in [3.8, 4) is 0 Å². The molecule has 0 saturated carbocycles. The minimum atomic E-state index is 0.125. The van der Waals surface area contributed by atoms with Crippen LogP contribution in [-0.4, -0.2) is 5.12 Å². The van der Waals surface area contributed by atoms with Gasteiger partial charge in [-0.3, -0.25) is 4.79 Å². The first-order valence-electron chi connectivity index (χ1n) is 1.79. The molecule has 0 spiro atoms. The van der Waals surface area contributed by atoms with Crippen LogP contribution in [0.5, 0.6) is 0 Å². The molecule has 0 amide bonds. The van der Waals surface area contributed by atoms with Crippen LogP contribution in [0.2, 0.25) is 0 Å². The standard InChI is InChI=1S/C3H5ClOS2/c1-2-3(5)6-7-4/h2H2,1H3. The maximum absolute atomic E-state index is 10.3. The molecule has 0 atom stereocenters. The van der Waals surface area contributed by atoms with Gasteiger partial charge in [-0.25, -0.2) is 0 Å². The van der Waals surface area contributed by atoms with Gasteiger partial charge in [-0.05, 0) is 21.5 Å². The van der Waals surface area contributed by atoms with Gasteiger partial charge in [-0.1, -0.05) is 6.92 Å². The maximum atomic E-state index is 10.3. The van der Waals surface area contributed by atoms with Crippen molar-refractivity contribution < 1.29 is 4.79 Å². The lowest BCUT2D eigenvalue weighted by Crippen LogP contribution is -1.80. The zero-order chi connectivity index (χ0) is 5.70. The Kier molecular flexibility index (Phi) is 5.26. The van der Waals surface area contributed by atoms with E-state index in [9.17, 15) is 4.79 Å². The first kappa shape index (κ1) is 7.66. The van der Waals surface area contributed by atoms with E-state index < -0.39 is 0 Å². The van der Waals surface area contributed by atoms with E-state index in [0.717, 1.165) is 20.8 Å². The number of carbonyl (C=O) groups is 1. The molecule has 0 aromatic rings. The fourth-order valence-corrected chi connectivity index (χ4v) is 1.48. The summed E-state index contributed by atoms with van der Waals surface area (Å²) in [6.07, 6.45) is 0.560. The molecular weight excluding hydrogens is 152 g/mol. The molecule has 0 N–H and O–H groups in total. The molecule has 42 valence electrons. The summed E-state index contributed by atoms with van der Waals surface area (Å²) in [7, 11) is 7.18. The molecule has 0 heterocycles. The van der Waals surface area contributed by atoms with Crippen molar-refractivity contribution in [3.05, 3.63) is 0 Å². The molecule has 0 aromatic heterocycles. The largest absolute Gasteiger partial charge is 0.286 e. The SMILES string of the molecule is CCC(=O)SSCl. The van der Waals surface area contributed by atoms with Crippen LogP contribution in [0.4, 0.5) is 0 Å². The monoisotopic (exact) mass is 156 g/mol. The number of halogens is 1. The molecule has 0 aliphatic heterocycles. The van der Waals surface area contributed by atoms with Crippen LogP contribution in [0.3, 0.4) is 0 Å². The van der Waals surface area contributed by atoms with Crippen molar-refractivity contribution >= 4 is 36.6 Å². The molecule has 1 nitrogen and oxygen atoms in total.